The molecule has 0 fully saturated rings. The summed E-state index contributed by atoms with van der Waals surface area (Å²) in [5.41, 5.74) is 0. The topological polar surface area (TPSA) is 3.24 Å². The van der Waals surface area contributed by atoms with E-state index in [0.717, 1.165) is 6.54 Å². The highest BCUT2D eigenvalue weighted by Crippen LogP contribution is 2.05. The van der Waals surface area contributed by atoms with Gasteiger partial charge in [0.05, 0.1) is 0 Å². The van der Waals surface area contributed by atoms with Gasteiger partial charge in [0.25, 0.3) is 0 Å². The van der Waals surface area contributed by atoms with Crippen LogP contribution in [0.15, 0.2) is 12.7 Å². The first-order valence-electron chi connectivity index (χ1n) is 4.53. The van der Waals surface area contributed by atoms with Gasteiger partial charge in [0.1, 0.15) is 0 Å². The predicted molar refractivity (Wildman–Crippen MR) is 51.8 cm³/mol. The molecule has 0 spiro atoms. The van der Waals surface area contributed by atoms with Crippen molar-refractivity contribution in [2.75, 3.05) is 13.6 Å². The lowest BCUT2D eigenvalue weighted by Crippen LogP contribution is -2.28. The number of unbranched alkanes of at least 4 members (excludes halogenated alkanes) is 1. The molecule has 0 aromatic rings. The highest BCUT2D eigenvalue weighted by atomic mass is 15.1. The molecule has 11 heavy (non-hydrogen) atoms. The Labute approximate surface area is 71.1 Å². The largest absolute Gasteiger partial charge is 0.300 e. The van der Waals surface area contributed by atoms with Crippen LogP contribution in [-0.4, -0.2) is 24.5 Å². The van der Waals surface area contributed by atoms with Crippen molar-refractivity contribution in [2.24, 2.45) is 0 Å². The number of likely N-dealkylation sites (N-methyl/N-ethyl adjacent to an activating group) is 1. The van der Waals surface area contributed by atoms with E-state index in [0.29, 0.717) is 6.04 Å². The molecule has 1 heteroatoms. The summed E-state index contributed by atoms with van der Waals surface area (Å²) in [6.07, 6.45) is 5.90. The van der Waals surface area contributed by atoms with Gasteiger partial charge in [0.15, 0.2) is 0 Å². The Kier molecular flexibility index (Phi) is 6.24. The summed E-state index contributed by atoms with van der Waals surface area (Å²) in [7, 11) is 2.15. The number of rotatable bonds is 6. The van der Waals surface area contributed by atoms with Gasteiger partial charge >= 0.3 is 0 Å². The molecule has 1 atom stereocenters. The molecule has 1 unspecified atom stereocenters. The van der Waals surface area contributed by atoms with Crippen molar-refractivity contribution in [3.05, 3.63) is 12.7 Å². The third-order valence-corrected chi connectivity index (χ3v) is 2.14. The summed E-state index contributed by atoms with van der Waals surface area (Å²) in [5, 5.41) is 0. The van der Waals surface area contributed by atoms with Crippen molar-refractivity contribution in [3.8, 4) is 0 Å². The number of hydrogen-bond donors (Lipinski definition) is 0. The predicted octanol–water partition coefficient (Wildman–Crippen LogP) is 2.68. The van der Waals surface area contributed by atoms with E-state index in [1.165, 1.54) is 19.3 Å². The maximum atomic E-state index is 3.72. The molecule has 0 aromatic carbocycles. The Morgan fingerprint density at radius 3 is 2.64 bits per heavy atom. The number of hydrogen-bond acceptors (Lipinski definition) is 1. The monoisotopic (exact) mass is 155 g/mol. The molecule has 0 saturated heterocycles. The van der Waals surface area contributed by atoms with Crippen LogP contribution in [0.5, 0.6) is 0 Å². The Morgan fingerprint density at radius 2 is 2.18 bits per heavy atom. The molecular weight excluding hydrogens is 134 g/mol. The lowest BCUT2D eigenvalue weighted by Gasteiger charge is -2.22. The summed E-state index contributed by atoms with van der Waals surface area (Å²) in [4.78, 5) is 2.34. The van der Waals surface area contributed by atoms with Crippen LogP contribution in [-0.2, 0) is 0 Å². The van der Waals surface area contributed by atoms with Gasteiger partial charge in [-0.25, -0.2) is 0 Å². The zero-order valence-electron chi connectivity index (χ0n) is 8.14. The van der Waals surface area contributed by atoms with E-state index < -0.39 is 0 Å². The van der Waals surface area contributed by atoms with E-state index in [2.05, 4.69) is 32.4 Å². The highest BCUT2D eigenvalue weighted by Gasteiger charge is 2.05. The highest BCUT2D eigenvalue weighted by molar-refractivity contribution is 4.74. The summed E-state index contributed by atoms with van der Waals surface area (Å²) < 4.78 is 0. The van der Waals surface area contributed by atoms with Crippen LogP contribution in [0.1, 0.15) is 33.1 Å². The minimum atomic E-state index is 0.702. The van der Waals surface area contributed by atoms with Crippen LogP contribution in [0, 0.1) is 0 Å². The smallest absolute Gasteiger partial charge is 0.0160 e. The molecule has 0 rings (SSSR count). The van der Waals surface area contributed by atoms with E-state index in [1.807, 2.05) is 6.08 Å². The molecule has 66 valence electrons. The Morgan fingerprint density at radius 1 is 1.55 bits per heavy atom. The van der Waals surface area contributed by atoms with E-state index in [4.69, 9.17) is 0 Å². The standard InChI is InChI=1S/C10H21N/c1-5-7-8-10(3)11(4)9-6-2/h6,10H,2,5,7-9H2,1,3-4H3. The van der Waals surface area contributed by atoms with E-state index in [-0.39, 0.29) is 0 Å². The van der Waals surface area contributed by atoms with Crippen molar-refractivity contribution in [1.82, 2.24) is 4.90 Å². The molecular formula is C10H21N. The van der Waals surface area contributed by atoms with Crippen LogP contribution in [0.3, 0.4) is 0 Å². The van der Waals surface area contributed by atoms with E-state index in [9.17, 15) is 0 Å². The summed E-state index contributed by atoms with van der Waals surface area (Å²) >= 11 is 0. The lowest BCUT2D eigenvalue weighted by molar-refractivity contribution is 0.267. The molecule has 0 aliphatic rings. The van der Waals surface area contributed by atoms with Crippen molar-refractivity contribution in [3.63, 3.8) is 0 Å². The molecule has 0 bridgehead atoms. The fourth-order valence-corrected chi connectivity index (χ4v) is 1.10. The molecule has 0 aliphatic heterocycles. The van der Waals surface area contributed by atoms with Crippen molar-refractivity contribution in [2.45, 2.75) is 39.2 Å². The second-order valence-corrected chi connectivity index (χ2v) is 3.22. The first-order chi connectivity index (χ1) is 5.22. The molecule has 0 amide bonds. The van der Waals surface area contributed by atoms with Crippen LogP contribution < -0.4 is 0 Å². The Bertz CT molecular complexity index is 99.0. The molecule has 0 saturated carbocycles. The third-order valence-electron chi connectivity index (χ3n) is 2.14. The van der Waals surface area contributed by atoms with Gasteiger partial charge in [-0.3, -0.25) is 0 Å². The fraction of sp³-hybridized carbons (Fsp3) is 0.800. The molecule has 0 radical (unpaired) electrons. The maximum Gasteiger partial charge on any atom is 0.0160 e. The van der Waals surface area contributed by atoms with Crippen LogP contribution in [0.4, 0.5) is 0 Å². The zero-order chi connectivity index (χ0) is 8.69. The average Bonchev–Trinajstić information content (AvgIpc) is 2.00. The van der Waals surface area contributed by atoms with Crippen molar-refractivity contribution in [1.29, 1.82) is 0 Å². The quantitative estimate of drug-likeness (QED) is 0.533. The first kappa shape index (κ1) is 10.7. The van der Waals surface area contributed by atoms with E-state index in [1.54, 1.807) is 0 Å². The normalized spacial score (nSPS) is 13.5. The van der Waals surface area contributed by atoms with E-state index >= 15 is 0 Å². The number of nitrogens with zero attached hydrogens (tertiary/aromatic N) is 1. The molecule has 0 aromatic heterocycles. The van der Waals surface area contributed by atoms with Gasteiger partial charge in [-0.15, -0.1) is 6.58 Å². The molecule has 0 aliphatic carbocycles. The third kappa shape index (κ3) is 5.02. The first-order valence-corrected chi connectivity index (χ1v) is 4.53. The van der Waals surface area contributed by atoms with Gasteiger partial charge in [-0.05, 0) is 20.4 Å². The van der Waals surface area contributed by atoms with Gasteiger partial charge in [-0.2, -0.15) is 0 Å². The van der Waals surface area contributed by atoms with Gasteiger partial charge in [0.2, 0.25) is 0 Å². The van der Waals surface area contributed by atoms with Crippen molar-refractivity contribution >= 4 is 0 Å². The van der Waals surface area contributed by atoms with Gasteiger partial charge < -0.3 is 4.90 Å². The fourth-order valence-electron chi connectivity index (χ4n) is 1.10. The van der Waals surface area contributed by atoms with Gasteiger partial charge in [0, 0.05) is 12.6 Å². The molecule has 0 N–H and O–H groups in total. The Hall–Kier alpha value is -0.300. The Balaban J connectivity index is 3.45. The van der Waals surface area contributed by atoms with Crippen molar-refractivity contribution < 1.29 is 0 Å². The second-order valence-electron chi connectivity index (χ2n) is 3.22. The minimum Gasteiger partial charge on any atom is -0.300 e. The lowest BCUT2D eigenvalue weighted by atomic mass is 10.1. The maximum absolute atomic E-state index is 3.72. The summed E-state index contributed by atoms with van der Waals surface area (Å²) in [6, 6.07) is 0.702. The minimum absolute atomic E-state index is 0.702. The second kappa shape index (κ2) is 6.41. The summed E-state index contributed by atoms with van der Waals surface area (Å²) in [6.45, 7) is 9.24. The SMILES string of the molecule is C=CCN(C)C(C)CCCC. The molecule has 1 nitrogen and oxygen atoms in total. The zero-order valence-corrected chi connectivity index (χ0v) is 8.14. The van der Waals surface area contributed by atoms with Crippen LogP contribution in [0.2, 0.25) is 0 Å². The van der Waals surface area contributed by atoms with Gasteiger partial charge in [-0.1, -0.05) is 25.8 Å². The van der Waals surface area contributed by atoms with Crippen LogP contribution in [0.25, 0.3) is 0 Å². The van der Waals surface area contributed by atoms with Crippen LogP contribution >= 0.6 is 0 Å². The molecule has 0 heterocycles. The average molecular weight is 155 g/mol. The summed E-state index contributed by atoms with van der Waals surface area (Å²) in [5.74, 6) is 0.